The first-order chi connectivity index (χ1) is 7.81. The van der Waals surface area contributed by atoms with Crippen molar-refractivity contribution in [2.24, 2.45) is 5.73 Å². The van der Waals surface area contributed by atoms with Crippen molar-refractivity contribution in [1.82, 2.24) is 0 Å². The number of hydrogen-bond donors (Lipinski definition) is 1. The maximum absolute atomic E-state index is 6.06. The zero-order valence-electron chi connectivity index (χ0n) is 9.74. The summed E-state index contributed by atoms with van der Waals surface area (Å²) in [5.74, 6) is 1.01. The molecule has 1 unspecified atom stereocenters. The van der Waals surface area contributed by atoms with Crippen molar-refractivity contribution in [3.05, 3.63) is 29.3 Å². The molecule has 16 heavy (non-hydrogen) atoms. The van der Waals surface area contributed by atoms with E-state index in [1.165, 1.54) is 5.56 Å². The molecular weight excluding hydrogens is 202 g/mol. The lowest BCUT2D eigenvalue weighted by Crippen LogP contribution is -2.17. The molecule has 0 bridgehead atoms. The fourth-order valence-corrected chi connectivity index (χ4v) is 1.89. The second-order valence-corrected chi connectivity index (χ2v) is 4.15. The molecular formula is C13H19NO2. The Labute approximate surface area is 96.5 Å². The molecule has 1 aromatic rings. The molecule has 0 saturated carbocycles. The van der Waals surface area contributed by atoms with Crippen molar-refractivity contribution in [3.8, 4) is 5.75 Å². The van der Waals surface area contributed by atoms with Gasteiger partial charge in [-0.3, -0.25) is 0 Å². The standard InChI is InChI=1S/C13H19NO2/c1-2-6-15-9-12(14)10-3-4-13-11(8-10)5-7-16-13/h3-4,8,12H,2,5-7,9,14H2,1H3. The Morgan fingerprint density at radius 1 is 1.50 bits per heavy atom. The Bertz CT molecular complexity index is 352. The van der Waals surface area contributed by atoms with E-state index < -0.39 is 0 Å². The van der Waals surface area contributed by atoms with Crippen LogP contribution in [-0.2, 0) is 11.2 Å². The van der Waals surface area contributed by atoms with Crippen molar-refractivity contribution in [3.63, 3.8) is 0 Å². The third kappa shape index (κ3) is 2.54. The highest BCUT2D eigenvalue weighted by molar-refractivity contribution is 5.40. The van der Waals surface area contributed by atoms with Crippen LogP contribution in [0, 0.1) is 0 Å². The molecule has 88 valence electrons. The van der Waals surface area contributed by atoms with Gasteiger partial charge in [-0.25, -0.2) is 0 Å². The van der Waals surface area contributed by atoms with Crippen molar-refractivity contribution >= 4 is 0 Å². The normalized spacial score (nSPS) is 15.6. The second-order valence-electron chi connectivity index (χ2n) is 4.15. The number of fused-ring (bicyclic) bond motifs is 1. The SMILES string of the molecule is CCCOCC(N)c1ccc2c(c1)CCO2. The lowest BCUT2D eigenvalue weighted by Gasteiger charge is -2.13. The van der Waals surface area contributed by atoms with Crippen LogP contribution in [0.4, 0.5) is 0 Å². The summed E-state index contributed by atoms with van der Waals surface area (Å²) in [5, 5.41) is 0. The van der Waals surface area contributed by atoms with Crippen molar-refractivity contribution < 1.29 is 9.47 Å². The lowest BCUT2D eigenvalue weighted by atomic mass is 10.0. The molecule has 3 nitrogen and oxygen atoms in total. The van der Waals surface area contributed by atoms with E-state index in [1.54, 1.807) is 0 Å². The Morgan fingerprint density at radius 2 is 2.38 bits per heavy atom. The Hall–Kier alpha value is -1.06. The van der Waals surface area contributed by atoms with Gasteiger partial charge in [-0.2, -0.15) is 0 Å². The van der Waals surface area contributed by atoms with Gasteiger partial charge < -0.3 is 15.2 Å². The number of nitrogens with two attached hydrogens (primary N) is 1. The van der Waals surface area contributed by atoms with E-state index in [2.05, 4.69) is 13.0 Å². The van der Waals surface area contributed by atoms with E-state index in [4.69, 9.17) is 15.2 Å². The van der Waals surface area contributed by atoms with Crippen LogP contribution < -0.4 is 10.5 Å². The molecule has 0 aromatic heterocycles. The zero-order valence-corrected chi connectivity index (χ0v) is 9.74. The Balaban J connectivity index is 1.98. The predicted molar refractivity (Wildman–Crippen MR) is 63.7 cm³/mol. The molecule has 0 fully saturated rings. The summed E-state index contributed by atoms with van der Waals surface area (Å²) >= 11 is 0. The third-order valence-electron chi connectivity index (χ3n) is 2.79. The minimum Gasteiger partial charge on any atom is -0.493 e. The summed E-state index contributed by atoms with van der Waals surface area (Å²) in [5.41, 5.74) is 8.47. The summed E-state index contributed by atoms with van der Waals surface area (Å²) in [7, 11) is 0. The van der Waals surface area contributed by atoms with E-state index in [1.807, 2.05) is 12.1 Å². The predicted octanol–water partition coefficient (Wildman–Crippen LogP) is 2.05. The zero-order chi connectivity index (χ0) is 11.4. The van der Waals surface area contributed by atoms with Gasteiger partial charge in [0.25, 0.3) is 0 Å². The molecule has 0 aliphatic carbocycles. The maximum Gasteiger partial charge on any atom is 0.122 e. The van der Waals surface area contributed by atoms with Gasteiger partial charge in [0.1, 0.15) is 5.75 Å². The van der Waals surface area contributed by atoms with Crippen LogP contribution in [0.15, 0.2) is 18.2 Å². The van der Waals surface area contributed by atoms with Gasteiger partial charge in [0.2, 0.25) is 0 Å². The minimum absolute atomic E-state index is 0.0301. The quantitative estimate of drug-likeness (QED) is 0.774. The molecule has 1 atom stereocenters. The fourth-order valence-electron chi connectivity index (χ4n) is 1.89. The van der Waals surface area contributed by atoms with Crippen molar-refractivity contribution in [1.29, 1.82) is 0 Å². The van der Waals surface area contributed by atoms with Gasteiger partial charge in [0.15, 0.2) is 0 Å². The summed E-state index contributed by atoms with van der Waals surface area (Å²) in [6.45, 7) is 4.26. The first kappa shape index (κ1) is 11.4. The molecule has 1 aliphatic heterocycles. The molecule has 1 heterocycles. The third-order valence-corrected chi connectivity index (χ3v) is 2.79. The number of hydrogen-bond acceptors (Lipinski definition) is 3. The van der Waals surface area contributed by atoms with Crippen LogP contribution >= 0.6 is 0 Å². The number of rotatable bonds is 5. The second kappa shape index (κ2) is 5.32. The van der Waals surface area contributed by atoms with Crippen LogP contribution in [0.25, 0.3) is 0 Å². The first-order valence-corrected chi connectivity index (χ1v) is 5.90. The largest absolute Gasteiger partial charge is 0.493 e. The van der Waals surface area contributed by atoms with Gasteiger partial charge >= 0.3 is 0 Å². The van der Waals surface area contributed by atoms with E-state index in [0.29, 0.717) is 6.61 Å². The highest BCUT2D eigenvalue weighted by Gasteiger charge is 2.14. The van der Waals surface area contributed by atoms with Gasteiger partial charge in [-0.1, -0.05) is 19.1 Å². The van der Waals surface area contributed by atoms with Crippen LogP contribution in [0.3, 0.4) is 0 Å². The summed E-state index contributed by atoms with van der Waals surface area (Å²) in [4.78, 5) is 0. The molecule has 2 N–H and O–H groups in total. The maximum atomic E-state index is 6.06. The van der Waals surface area contributed by atoms with Gasteiger partial charge in [-0.15, -0.1) is 0 Å². The minimum atomic E-state index is -0.0301. The Morgan fingerprint density at radius 3 is 3.19 bits per heavy atom. The van der Waals surface area contributed by atoms with Crippen LogP contribution in [0.1, 0.15) is 30.5 Å². The van der Waals surface area contributed by atoms with Crippen LogP contribution in [0.5, 0.6) is 5.75 Å². The topological polar surface area (TPSA) is 44.5 Å². The van der Waals surface area contributed by atoms with Gasteiger partial charge in [-0.05, 0) is 23.6 Å². The Kier molecular flexibility index (Phi) is 3.80. The van der Waals surface area contributed by atoms with Crippen molar-refractivity contribution in [2.45, 2.75) is 25.8 Å². The summed E-state index contributed by atoms with van der Waals surface area (Å²) < 4.78 is 10.9. The van der Waals surface area contributed by atoms with E-state index in [0.717, 1.165) is 37.4 Å². The number of ether oxygens (including phenoxy) is 2. The van der Waals surface area contributed by atoms with E-state index >= 15 is 0 Å². The molecule has 2 rings (SSSR count). The molecule has 0 saturated heterocycles. The molecule has 0 amide bonds. The average Bonchev–Trinajstić information content (AvgIpc) is 2.76. The van der Waals surface area contributed by atoms with Gasteiger partial charge in [0, 0.05) is 13.0 Å². The molecule has 1 aromatic carbocycles. The molecule has 0 spiro atoms. The molecule has 1 aliphatic rings. The highest BCUT2D eigenvalue weighted by atomic mass is 16.5. The van der Waals surface area contributed by atoms with Crippen molar-refractivity contribution in [2.75, 3.05) is 19.8 Å². The van der Waals surface area contributed by atoms with Crippen LogP contribution in [0.2, 0.25) is 0 Å². The fraction of sp³-hybridized carbons (Fsp3) is 0.538. The lowest BCUT2D eigenvalue weighted by molar-refractivity contribution is 0.121. The number of benzene rings is 1. The smallest absolute Gasteiger partial charge is 0.122 e. The monoisotopic (exact) mass is 221 g/mol. The summed E-state index contributed by atoms with van der Waals surface area (Å²) in [6.07, 6.45) is 2.02. The van der Waals surface area contributed by atoms with Gasteiger partial charge in [0.05, 0.1) is 19.3 Å². The highest BCUT2D eigenvalue weighted by Crippen LogP contribution is 2.27. The average molecular weight is 221 g/mol. The molecule has 3 heteroatoms. The summed E-state index contributed by atoms with van der Waals surface area (Å²) in [6, 6.07) is 6.15. The van der Waals surface area contributed by atoms with Crippen LogP contribution in [-0.4, -0.2) is 19.8 Å². The molecule has 0 radical (unpaired) electrons. The first-order valence-electron chi connectivity index (χ1n) is 5.90. The van der Waals surface area contributed by atoms with E-state index in [-0.39, 0.29) is 6.04 Å². The van der Waals surface area contributed by atoms with E-state index in [9.17, 15) is 0 Å².